The number of hydrogen-bond acceptors (Lipinski definition) is 13. The second-order valence-electron chi connectivity index (χ2n) is 7.09. The maximum Gasteiger partial charge on any atom is 0.352 e. The van der Waals surface area contributed by atoms with Gasteiger partial charge in [0.05, 0.1) is 17.5 Å². The van der Waals surface area contributed by atoms with Gasteiger partial charge in [0.15, 0.2) is 10.0 Å². The summed E-state index contributed by atoms with van der Waals surface area (Å²) >= 11 is 3.25. The van der Waals surface area contributed by atoms with E-state index >= 15 is 0 Å². The molecule has 7 N–H and O–H groups in total. The van der Waals surface area contributed by atoms with Crippen molar-refractivity contribution in [1.29, 1.82) is 0 Å². The number of carboxylic acid groups (broad SMARTS) is 1. The van der Waals surface area contributed by atoms with Crippen LogP contribution in [0, 0.1) is 0 Å². The number of amides is 2. The third-order valence-corrected chi connectivity index (χ3v) is 8.10. The van der Waals surface area contributed by atoms with Crippen LogP contribution in [0.2, 0.25) is 0 Å². The number of nitrogens with one attached hydrogen (secondary N) is 2. The van der Waals surface area contributed by atoms with Gasteiger partial charge in [-0.25, -0.2) is 14.8 Å². The summed E-state index contributed by atoms with van der Waals surface area (Å²) < 4.78 is 0. The van der Waals surface area contributed by atoms with Gasteiger partial charge in [0.1, 0.15) is 24.0 Å². The minimum atomic E-state index is -1.53. The second kappa shape index (κ2) is 9.59. The number of oxime groups is 1. The highest BCUT2D eigenvalue weighted by atomic mass is 32.2. The van der Waals surface area contributed by atoms with Crippen LogP contribution < -0.4 is 22.3 Å². The number of fused-ring (bicyclic) bond motifs is 1. The molecule has 0 spiro atoms. The van der Waals surface area contributed by atoms with Crippen molar-refractivity contribution < 1.29 is 24.3 Å². The lowest BCUT2D eigenvalue weighted by atomic mass is 9.98. The van der Waals surface area contributed by atoms with Crippen LogP contribution in [-0.2, 0) is 24.1 Å². The lowest BCUT2D eigenvalue weighted by Gasteiger charge is -2.51. The first-order valence-corrected chi connectivity index (χ1v) is 12.5. The fourth-order valence-electron chi connectivity index (χ4n) is 3.55. The normalized spacial score (nSPS) is 21.6. The fourth-order valence-corrected chi connectivity index (χ4v) is 6.99. The molecule has 2 atom stereocenters. The molecule has 17 heteroatoms. The van der Waals surface area contributed by atoms with Crippen LogP contribution in [0.25, 0.3) is 0 Å². The van der Waals surface area contributed by atoms with Gasteiger partial charge >= 0.3 is 5.97 Å². The highest BCUT2D eigenvalue weighted by Gasteiger charge is 2.56. The summed E-state index contributed by atoms with van der Waals surface area (Å²) in [6, 6.07) is 1.20. The topological polar surface area (TPSA) is 219 Å². The van der Waals surface area contributed by atoms with Gasteiger partial charge in [-0.2, -0.15) is 0 Å². The summed E-state index contributed by atoms with van der Waals surface area (Å²) in [5.41, 5.74) is 11.1. The van der Waals surface area contributed by atoms with Crippen LogP contribution in [0.4, 0.5) is 11.1 Å². The second-order valence-corrected chi connectivity index (χ2v) is 10.4. The minimum Gasteiger partial charge on any atom is -0.477 e. The van der Waals surface area contributed by atoms with Crippen LogP contribution in [0.3, 0.4) is 0 Å². The number of nitrogens with zero attached hydrogens (tertiary/aromatic N) is 4. The Bertz CT molecular complexity index is 1320. The lowest BCUT2D eigenvalue weighted by molar-refractivity contribution is -0.146. The number of β-lactam (4-membered cyclic amide) rings is 1. The van der Waals surface area contributed by atoms with Gasteiger partial charge in [-0.15, -0.1) is 23.1 Å². The van der Waals surface area contributed by atoms with E-state index in [9.17, 15) is 24.3 Å². The number of rotatable bonds is 8. The Kier molecular flexibility index (Phi) is 6.73. The monoisotopic (exact) mass is 538 g/mol. The molecule has 4 heterocycles. The van der Waals surface area contributed by atoms with Gasteiger partial charge in [0.2, 0.25) is 11.9 Å². The number of aromatic nitrogens is 3. The van der Waals surface area contributed by atoms with Crippen LogP contribution >= 0.6 is 34.9 Å². The molecule has 35 heavy (non-hydrogen) atoms. The van der Waals surface area contributed by atoms with E-state index in [0.717, 1.165) is 41.1 Å². The number of aliphatic carboxylic acids is 1. The average molecular weight is 539 g/mol. The molecule has 14 nitrogen and oxygen atoms in total. The van der Waals surface area contributed by atoms with Crippen molar-refractivity contribution in [2.24, 2.45) is 5.16 Å². The predicted molar refractivity (Wildman–Crippen MR) is 129 cm³/mol. The molecule has 1 fully saturated rings. The van der Waals surface area contributed by atoms with Crippen molar-refractivity contribution >= 4 is 69.9 Å². The maximum atomic E-state index is 12.8. The number of hydrogen-bond donors (Lipinski definition) is 5. The lowest BCUT2D eigenvalue weighted by Crippen LogP contribution is -2.61. The molecule has 2 aliphatic rings. The summed E-state index contributed by atoms with van der Waals surface area (Å²) in [5, 5.41) is 17.8. The van der Waals surface area contributed by atoms with Crippen LogP contribution in [0.1, 0.15) is 12.1 Å². The number of aromatic amines is 1. The zero-order chi connectivity index (χ0) is 25.3. The molecule has 0 bridgehead atoms. The number of carbonyl (C=O) groups is 3. The van der Waals surface area contributed by atoms with Gasteiger partial charge in [-0.3, -0.25) is 24.3 Å². The van der Waals surface area contributed by atoms with Crippen molar-refractivity contribution in [1.82, 2.24) is 25.2 Å². The third-order valence-electron chi connectivity index (χ3n) is 4.93. The smallest absolute Gasteiger partial charge is 0.352 e. The zero-order valence-corrected chi connectivity index (χ0v) is 20.3. The van der Waals surface area contributed by atoms with Crippen LogP contribution in [0.5, 0.6) is 0 Å². The zero-order valence-electron chi connectivity index (χ0n) is 17.9. The number of H-pyrrole nitrogens is 1. The van der Waals surface area contributed by atoms with Crippen molar-refractivity contribution in [3.05, 3.63) is 38.8 Å². The first kappa shape index (κ1) is 24.6. The molecule has 2 aromatic rings. The molecule has 0 saturated carbocycles. The molecule has 0 aliphatic carbocycles. The summed E-state index contributed by atoms with van der Waals surface area (Å²) in [5.74, 6) is -2.66. The number of thiazole rings is 1. The standard InChI is InChI=1S/C18H18N8O6S3/c1-32-21-4-10(28)25-18(8-6-34-17(20)22-8)7(5-33-11-2-9(27)23-16(19)24-11)14(15(30)31)26-12(29)3-13(26)35-18/h2,4,6,13H,3,5H2,1H3,(H2,20,22)(H,25,28)(H,30,31)(H3,19,23,24,27)/t13-,18?/m0/s1. The highest BCUT2D eigenvalue weighted by molar-refractivity contribution is 8.01. The minimum absolute atomic E-state index is 0.0669. The summed E-state index contributed by atoms with van der Waals surface area (Å²) in [4.78, 5) is 64.3. The fraction of sp³-hybridized carbons (Fsp3) is 0.278. The first-order valence-electron chi connectivity index (χ1n) is 9.71. The Hall–Kier alpha value is -3.57. The molecule has 0 radical (unpaired) electrons. The Morgan fingerprint density at radius 1 is 1.46 bits per heavy atom. The molecular weight excluding hydrogens is 520 g/mol. The third kappa shape index (κ3) is 4.69. The van der Waals surface area contributed by atoms with Crippen LogP contribution in [0.15, 0.2) is 37.7 Å². The van der Waals surface area contributed by atoms with Gasteiger partial charge in [-0.05, 0) is 0 Å². The highest BCUT2D eigenvalue weighted by Crippen LogP contribution is 2.54. The summed E-state index contributed by atoms with van der Waals surface area (Å²) in [7, 11) is 1.26. The van der Waals surface area contributed by atoms with Crippen molar-refractivity contribution in [2.45, 2.75) is 21.7 Å². The molecule has 2 aliphatic heterocycles. The van der Waals surface area contributed by atoms with Crippen molar-refractivity contribution in [2.75, 3.05) is 24.3 Å². The molecule has 4 rings (SSSR count). The molecule has 1 saturated heterocycles. The SMILES string of the molecule is CON=CC(=O)NC1(c2csc(N)n2)S[C@H]2CC(=O)N2C(C(=O)O)=C1CSc1cc(=O)[nH]c(N)n1. The van der Waals surface area contributed by atoms with Gasteiger partial charge in [-0.1, -0.05) is 16.9 Å². The molecule has 184 valence electrons. The summed E-state index contributed by atoms with van der Waals surface area (Å²) in [6.07, 6.45) is 0.956. The Morgan fingerprint density at radius 2 is 2.23 bits per heavy atom. The van der Waals surface area contributed by atoms with E-state index in [2.05, 4.69) is 30.3 Å². The van der Waals surface area contributed by atoms with Gasteiger partial charge in [0.25, 0.3) is 11.5 Å². The number of nitrogen functional groups attached to an aromatic ring is 2. The average Bonchev–Trinajstić information content (AvgIpc) is 3.22. The van der Waals surface area contributed by atoms with Gasteiger partial charge in [0, 0.05) is 22.8 Å². The van der Waals surface area contributed by atoms with E-state index in [0.29, 0.717) is 0 Å². The van der Waals surface area contributed by atoms with Crippen LogP contribution in [-0.4, -0.2) is 67.2 Å². The Morgan fingerprint density at radius 3 is 2.83 bits per heavy atom. The van der Waals surface area contributed by atoms with E-state index < -0.39 is 27.7 Å². The van der Waals surface area contributed by atoms with Crippen molar-refractivity contribution in [3.63, 3.8) is 0 Å². The quantitative estimate of drug-likeness (QED) is 0.0964. The number of nitrogens with two attached hydrogens (primary N) is 2. The maximum absolute atomic E-state index is 12.8. The van der Waals surface area contributed by atoms with E-state index in [4.69, 9.17) is 11.5 Å². The van der Waals surface area contributed by atoms with Gasteiger partial charge < -0.3 is 26.7 Å². The van der Waals surface area contributed by atoms with E-state index in [1.807, 2.05) is 0 Å². The number of thioether (sulfide) groups is 2. The Balaban J connectivity index is 1.88. The molecule has 2 amide bonds. The molecule has 0 aromatic carbocycles. The number of carbonyl (C=O) groups excluding carboxylic acids is 2. The Labute approximate surface area is 209 Å². The molecular formula is C18H18N8O6S3. The van der Waals surface area contributed by atoms with E-state index in [-0.39, 0.29) is 51.2 Å². The van der Waals surface area contributed by atoms with E-state index in [1.165, 1.54) is 18.1 Å². The first-order chi connectivity index (χ1) is 16.6. The van der Waals surface area contributed by atoms with Crippen molar-refractivity contribution in [3.8, 4) is 0 Å². The number of carboxylic acids is 1. The summed E-state index contributed by atoms with van der Waals surface area (Å²) in [6.45, 7) is 0. The van der Waals surface area contributed by atoms with E-state index in [1.54, 1.807) is 5.38 Å². The molecule has 2 aromatic heterocycles. The largest absolute Gasteiger partial charge is 0.477 e. The molecule has 1 unspecified atom stereocenters. The number of anilines is 2. The predicted octanol–water partition coefficient (Wildman–Crippen LogP) is -0.272.